The first-order valence-electron chi connectivity index (χ1n) is 29.0. The van der Waals surface area contributed by atoms with Crippen LogP contribution < -0.4 is 0 Å². The van der Waals surface area contributed by atoms with Gasteiger partial charge in [0.2, 0.25) is 0 Å². The highest BCUT2D eigenvalue weighted by Crippen LogP contribution is 2.26. The fourth-order valence-corrected chi connectivity index (χ4v) is 4.94. The fraction of sp³-hybridized carbons (Fsp3) is 0.895. The lowest BCUT2D eigenvalue weighted by molar-refractivity contribution is -0.318. The Morgan fingerprint density at radius 2 is 0.391 bits per heavy atom. The molecule has 0 amide bonds. The lowest BCUT2D eigenvalue weighted by Crippen LogP contribution is -2.38. The largest absolute Gasteiger partial charge is 0.540 e. The van der Waals surface area contributed by atoms with Crippen molar-refractivity contribution in [2.24, 2.45) is 10.8 Å². The first-order chi connectivity index (χ1) is 40.4. The normalized spacial score (nSPS) is 12.4. The smallest absolute Gasteiger partial charge is 0.430 e. The molecule has 30 heteroatoms. The molecule has 0 saturated carbocycles. The second kappa shape index (κ2) is 44.6. The summed E-state index contributed by atoms with van der Waals surface area (Å²) in [7, 11) is 0. The highest BCUT2D eigenvalue weighted by Gasteiger charge is 2.32. The van der Waals surface area contributed by atoms with Crippen molar-refractivity contribution >= 4 is 36.9 Å². The molecule has 0 aliphatic rings. The molecule has 0 saturated heterocycles. The molecular weight excluding hydrogens is 1160 g/mol. The minimum atomic E-state index is -0.986. The van der Waals surface area contributed by atoms with Gasteiger partial charge in [-0.25, -0.2) is 28.8 Å². The molecule has 0 unspecified atom stereocenters. The van der Waals surface area contributed by atoms with Crippen molar-refractivity contribution in [3.8, 4) is 0 Å². The van der Waals surface area contributed by atoms with Gasteiger partial charge in [-0.15, -0.1) is 0 Å². The average Bonchev–Trinajstić information content (AvgIpc) is 3.39. The van der Waals surface area contributed by atoms with Crippen molar-refractivity contribution in [3.05, 3.63) is 0 Å². The molecule has 0 aliphatic heterocycles. The number of hydrogen-bond donors (Lipinski definition) is 0. The zero-order valence-electron chi connectivity index (χ0n) is 55.5. The summed E-state index contributed by atoms with van der Waals surface area (Å²) in [5.41, 5.74) is -5.20. The average molecular weight is 1270 g/mol. The number of carbonyl (C=O) groups is 6. The van der Waals surface area contributed by atoms with Crippen molar-refractivity contribution < 1.29 is 144 Å². The summed E-state index contributed by atoms with van der Waals surface area (Å²) in [6, 6.07) is 0. The van der Waals surface area contributed by atoms with E-state index in [-0.39, 0.29) is 119 Å². The summed E-state index contributed by atoms with van der Waals surface area (Å²) in [6.45, 7) is 36.7. The summed E-state index contributed by atoms with van der Waals surface area (Å²) in [4.78, 5) is 128. The molecule has 514 valence electrons. The molecule has 0 radical (unpaired) electrons. The number of hydrogen-bond acceptors (Lipinski definition) is 30. The molecule has 0 aromatic rings. The van der Waals surface area contributed by atoms with Crippen LogP contribution in [0.3, 0.4) is 0 Å². The van der Waals surface area contributed by atoms with E-state index in [4.69, 9.17) is 86.2 Å². The Morgan fingerprint density at radius 3 is 0.529 bits per heavy atom. The van der Waals surface area contributed by atoms with Crippen LogP contribution in [0, 0.1) is 10.8 Å². The summed E-state index contributed by atoms with van der Waals surface area (Å²) < 4.78 is 64.2. The van der Waals surface area contributed by atoms with Gasteiger partial charge < -0.3 is 56.8 Å². The molecule has 0 rings (SSSR count). The monoisotopic (exact) mass is 1270 g/mol. The highest BCUT2D eigenvalue weighted by molar-refractivity contribution is 5.60. The van der Waals surface area contributed by atoms with E-state index < -0.39 is 81.4 Å². The maximum atomic E-state index is 11.8. The van der Waals surface area contributed by atoms with Crippen LogP contribution in [0.1, 0.15) is 171 Å². The maximum Gasteiger partial charge on any atom is 0.540 e. The third kappa shape index (κ3) is 50.7. The van der Waals surface area contributed by atoms with Gasteiger partial charge in [-0.2, -0.15) is 29.3 Å². The van der Waals surface area contributed by atoms with Crippen LogP contribution in [0.2, 0.25) is 0 Å². The van der Waals surface area contributed by atoms with Crippen LogP contribution in [0.15, 0.2) is 0 Å². The summed E-state index contributed by atoms with van der Waals surface area (Å²) >= 11 is 0. The third-order valence-corrected chi connectivity index (χ3v) is 11.3. The zero-order chi connectivity index (χ0) is 66.7. The van der Waals surface area contributed by atoms with Crippen LogP contribution in [0.25, 0.3) is 0 Å². The Bertz CT molecular complexity index is 1650. The topological polar surface area (TPSA) is 324 Å². The van der Waals surface area contributed by atoms with E-state index in [0.717, 1.165) is 0 Å². The van der Waals surface area contributed by atoms with Crippen molar-refractivity contribution in [3.63, 3.8) is 0 Å². The lowest BCUT2D eigenvalue weighted by atomic mass is 9.88. The molecule has 0 atom stereocenters. The van der Waals surface area contributed by atoms with E-state index >= 15 is 0 Å². The zero-order valence-corrected chi connectivity index (χ0v) is 55.5. The first-order valence-corrected chi connectivity index (χ1v) is 29.0. The molecule has 0 spiro atoms. The SMILES string of the molecule is CCC(COCCOC(=O)OOC(C)(C)C)(COCCOC(=O)OOC(C)(C)C)COCCOC(=O)OOC(C)(C)C.CCC(COCCOC(=O)OOC(C)(C)CC)(COCCOC(=O)OOC(C)(C)CC)COCCOC(=O)OOC(C)(C)CC. The molecule has 0 aliphatic carbocycles. The minimum absolute atomic E-state index is 0.0673. The maximum absolute atomic E-state index is 11.8. The highest BCUT2D eigenvalue weighted by atomic mass is 17.3. The van der Waals surface area contributed by atoms with Gasteiger partial charge >= 0.3 is 36.9 Å². The second-order valence-electron chi connectivity index (χ2n) is 24.3. The van der Waals surface area contributed by atoms with E-state index in [2.05, 4.69) is 29.3 Å². The molecular formula is C57H106O30. The van der Waals surface area contributed by atoms with Crippen molar-refractivity contribution in [1.29, 1.82) is 0 Å². The fourth-order valence-electron chi connectivity index (χ4n) is 4.94. The number of carbonyl (C=O) groups excluding carboxylic acids is 6. The van der Waals surface area contributed by atoms with Crippen LogP contribution in [0.4, 0.5) is 28.8 Å². The summed E-state index contributed by atoms with van der Waals surface area (Å²) in [5.74, 6) is 0. The van der Waals surface area contributed by atoms with Gasteiger partial charge in [-0.05, 0) is 136 Å². The molecule has 0 aromatic heterocycles. The predicted molar refractivity (Wildman–Crippen MR) is 304 cm³/mol. The van der Waals surface area contributed by atoms with Gasteiger partial charge in [-0.1, -0.05) is 34.6 Å². The van der Waals surface area contributed by atoms with Crippen LogP contribution in [-0.4, -0.2) is 189 Å². The van der Waals surface area contributed by atoms with Crippen LogP contribution in [0.5, 0.6) is 0 Å². The van der Waals surface area contributed by atoms with E-state index in [1.54, 1.807) is 104 Å². The quantitative estimate of drug-likeness (QED) is 0.0180. The van der Waals surface area contributed by atoms with Gasteiger partial charge in [-0.3, -0.25) is 29.3 Å². The Morgan fingerprint density at radius 1 is 0.230 bits per heavy atom. The standard InChI is InChI=1S/C30H56O15.C27H50O15/c1-11-27(5,6)43-40-24(31)37-18-15-34-21-30(14-4,22-35-16-19-38-25(32)41-44-28(7,8)12-2)23-36-17-20-39-26(33)42-45-29(9,10)13-3;1-11-27(18-31-12-15-34-21(28)37-40-24(2,3)4,19-32-13-16-35-22(29)38-41-25(5,6)7)20-33-14-17-36-23(30)39-42-26(8,9)10/h11-23H2,1-10H3;11-20H2,1-10H3. The Labute approximate surface area is 513 Å². The number of ether oxygens (including phenoxy) is 12. The molecule has 0 heterocycles. The van der Waals surface area contributed by atoms with E-state index in [1.807, 2.05) is 34.6 Å². The van der Waals surface area contributed by atoms with Gasteiger partial charge in [0.15, 0.2) is 0 Å². The first kappa shape index (κ1) is 84.2. The van der Waals surface area contributed by atoms with Gasteiger partial charge in [0.05, 0.1) is 79.3 Å². The third-order valence-electron chi connectivity index (χ3n) is 11.3. The van der Waals surface area contributed by atoms with E-state index in [0.29, 0.717) is 32.1 Å². The molecule has 30 nitrogen and oxygen atoms in total. The second-order valence-corrected chi connectivity index (χ2v) is 24.3. The Balaban J connectivity index is 0. The summed E-state index contributed by atoms with van der Waals surface area (Å²) in [5, 5.41) is 0. The minimum Gasteiger partial charge on any atom is -0.430 e. The molecule has 0 N–H and O–H groups in total. The lowest BCUT2D eigenvalue weighted by Gasteiger charge is -2.32. The molecule has 87 heavy (non-hydrogen) atoms. The molecule has 0 bridgehead atoms. The number of rotatable bonds is 44. The Hall–Kier alpha value is -4.86. The molecule has 0 aromatic carbocycles. The van der Waals surface area contributed by atoms with Gasteiger partial charge in [0.1, 0.15) is 73.2 Å². The van der Waals surface area contributed by atoms with Gasteiger partial charge in [0, 0.05) is 10.8 Å². The predicted octanol–water partition coefficient (Wildman–Crippen LogP) is 11.3. The van der Waals surface area contributed by atoms with E-state index in [1.165, 1.54) is 0 Å². The van der Waals surface area contributed by atoms with Gasteiger partial charge in [0.25, 0.3) is 0 Å². The van der Waals surface area contributed by atoms with Crippen molar-refractivity contribution in [2.75, 3.05) is 119 Å². The van der Waals surface area contributed by atoms with Crippen LogP contribution in [-0.2, 0) is 115 Å². The Kier molecular flexibility index (Phi) is 43.1. The van der Waals surface area contributed by atoms with E-state index in [9.17, 15) is 28.8 Å². The van der Waals surface area contributed by atoms with Crippen LogP contribution >= 0.6 is 0 Å². The summed E-state index contributed by atoms with van der Waals surface area (Å²) in [6.07, 6.45) is -2.83. The van der Waals surface area contributed by atoms with Crippen molar-refractivity contribution in [1.82, 2.24) is 0 Å². The molecule has 0 fully saturated rings. The van der Waals surface area contributed by atoms with Crippen molar-refractivity contribution in [2.45, 2.75) is 204 Å².